The van der Waals surface area contributed by atoms with E-state index in [4.69, 9.17) is 14.2 Å². The van der Waals surface area contributed by atoms with Gasteiger partial charge in [-0.25, -0.2) is 13.2 Å². The van der Waals surface area contributed by atoms with E-state index < -0.39 is 33.2 Å². The molecule has 1 aliphatic carbocycles. The molecule has 3 aliphatic rings. The Kier molecular flexibility index (Phi) is 13.3. The molecule has 1 saturated carbocycles. The van der Waals surface area contributed by atoms with E-state index in [1.807, 2.05) is 39.0 Å². The Hall–Kier alpha value is -2.66. The summed E-state index contributed by atoms with van der Waals surface area (Å²) < 4.78 is 46.9. The molecule has 2 aromatic carbocycles. The van der Waals surface area contributed by atoms with Crippen LogP contribution in [0.25, 0.3) is 0 Å². The predicted octanol–water partition coefficient (Wildman–Crippen LogP) is 7.81. The van der Waals surface area contributed by atoms with Crippen molar-refractivity contribution >= 4 is 16.1 Å². The summed E-state index contributed by atoms with van der Waals surface area (Å²) in [5.41, 5.74) is 0.181. The van der Waals surface area contributed by atoms with E-state index >= 15 is 0 Å². The van der Waals surface area contributed by atoms with Gasteiger partial charge in [0.1, 0.15) is 11.4 Å². The molecule has 0 spiro atoms. The molecule has 2 aliphatic heterocycles. The van der Waals surface area contributed by atoms with Crippen molar-refractivity contribution in [3.8, 4) is 5.75 Å². The first-order chi connectivity index (χ1) is 23.9. The molecule has 9 nitrogen and oxygen atoms in total. The zero-order valence-corrected chi connectivity index (χ0v) is 31.5. The molecule has 2 aromatic rings. The number of carbonyl (C=O) groups is 1. The minimum Gasteiger partial charge on any atom is -0.497 e. The number of unbranched alkanes of at least 4 members (excludes halogenated alkanes) is 8. The van der Waals surface area contributed by atoms with E-state index in [9.17, 15) is 18.3 Å². The first-order valence-electron chi connectivity index (χ1n) is 18.9. The maximum atomic E-state index is 14.2. The number of likely N-dealkylation sites (tertiary alicyclic amines) is 1. The average Bonchev–Trinajstić information content (AvgIpc) is 3.09. The Balaban J connectivity index is 1.17. The molecule has 1 amide bonds. The van der Waals surface area contributed by atoms with Gasteiger partial charge < -0.3 is 24.2 Å². The highest BCUT2D eigenvalue weighted by Crippen LogP contribution is 2.55. The summed E-state index contributed by atoms with van der Waals surface area (Å²) in [4.78, 5) is 15.5. The Bertz CT molecular complexity index is 1460. The van der Waals surface area contributed by atoms with Crippen molar-refractivity contribution in [2.75, 3.05) is 33.4 Å². The van der Waals surface area contributed by atoms with Gasteiger partial charge >= 0.3 is 6.09 Å². The zero-order chi connectivity index (χ0) is 35.8. The van der Waals surface area contributed by atoms with E-state index in [-0.39, 0.29) is 22.8 Å². The van der Waals surface area contributed by atoms with Crippen LogP contribution in [-0.4, -0.2) is 79.9 Å². The molecule has 5 atom stereocenters. The normalized spacial score (nSPS) is 25.3. The smallest absolute Gasteiger partial charge is 0.410 e. The van der Waals surface area contributed by atoms with Gasteiger partial charge in [-0.1, -0.05) is 81.7 Å². The minimum atomic E-state index is -3.91. The number of fused-ring (bicyclic) bond motifs is 1. The maximum absolute atomic E-state index is 14.2. The van der Waals surface area contributed by atoms with Gasteiger partial charge in [0.05, 0.1) is 30.8 Å². The molecule has 50 heavy (non-hydrogen) atoms. The number of piperidine rings is 2. The maximum Gasteiger partial charge on any atom is 0.410 e. The molecule has 10 heteroatoms. The lowest BCUT2D eigenvalue weighted by molar-refractivity contribution is -0.135. The average molecular weight is 713 g/mol. The SMILES string of the molecule is COc1ccc(S(=O)(=O)N2C[C@@]3(CCCCCCCCCCCOCc4ccccc4)CN(C(=O)OC(C)(C)C)C[C@H]4C[C@H](O)[C@@H]2C[C@H]43)cc1. The van der Waals surface area contributed by atoms with Gasteiger partial charge in [0, 0.05) is 31.7 Å². The third-order valence-electron chi connectivity index (χ3n) is 11.0. The molecule has 0 radical (unpaired) electrons. The molecule has 2 saturated heterocycles. The second-order valence-corrected chi connectivity index (χ2v) is 17.8. The van der Waals surface area contributed by atoms with E-state index in [0.29, 0.717) is 44.8 Å². The van der Waals surface area contributed by atoms with Gasteiger partial charge in [-0.15, -0.1) is 0 Å². The molecule has 278 valence electrons. The molecular formula is C40H60N2O7S. The fourth-order valence-corrected chi connectivity index (χ4v) is 10.3. The third-order valence-corrected chi connectivity index (χ3v) is 12.9. The molecule has 0 unspecified atom stereocenters. The number of ether oxygens (including phenoxy) is 3. The summed E-state index contributed by atoms with van der Waals surface area (Å²) in [5, 5.41) is 11.4. The number of nitrogens with zero attached hydrogens (tertiary/aromatic N) is 2. The fourth-order valence-electron chi connectivity index (χ4n) is 8.58. The minimum absolute atomic E-state index is 0.108. The highest BCUT2D eigenvalue weighted by atomic mass is 32.2. The van der Waals surface area contributed by atoms with Crippen LogP contribution >= 0.6 is 0 Å². The summed E-state index contributed by atoms with van der Waals surface area (Å²) in [7, 11) is -2.35. The van der Waals surface area contributed by atoms with Crippen LogP contribution in [0.15, 0.2) is 59.5 Å². The Morgan fingerprint density at radius 2 is 1.52 bits per heavy atom. The molecule has 2 heterocycles. The quantitative estimate of drug-likeness (QED) is 0.167. The van der Waals surface area contributed by atoms with Crippen LogP contribution in [0.1, 0.15) is 103 Å². The molecule has 5 rings (SSSR count). The second kappa shape index (κ2) is 17.2. The van der Waals surface area contributed by atoms with E-state index in [1.54, 1.807) is 40.6 Å². The Morgan fingerprint density at radius 3 is 2.16 bits per heavy atom. The summed E-state index contributed by atoms with van der Waals surface area (Å²) in [6, 6.07) is 16.3. The number of hydrogen-bond donors (Lipinski definition) is 1. The van der Waals surface area contributed by atoms with Crippen molar-refractivity contribution in [3.05, 3.63) is 60.2 Å². The lowest BCUT2D eigenvalue weighted by Gasteiger charge is -2.62. The van der Waals surface area contributed by atoms with Crippen LogP contribution in [0.5, 0.6) is 5.75 Å². The van der Waals surface area contributed by atoms with Crippen molar-refractivity contribution in [3.63, 3.8) is 0 Å². The number of amides is 1. The van der Waals surface area contributed by atoms with Crippen LogP contribution in [-0.2, 0) is 26.1 Å². The number of carbonyl (C=O) groups excluding carboxylic acids is 1. The Morgan fingerprint density at radius 1 is 0.880 bits per heavy atom. The highest BCUT2D eigenvalue weighted by Gasteiger charge is 2.60. The predicted molar refractivity (Wildman–Crippen MR) is 195 cm³/mol. The highest BCUT2D eigenvalue weighted by molar-refractivity contribution is 7.89. The van der Waals surface area contributed by atoms with E-state index in [0.717, 1.165) is 38.7 Å². The zero-order valence-electron chi connectivity index (χ0n) is 30.7. The molecule has 3 fully saturated rings. The standard InChI is InChI=1S/C40H60N2O7S/c1-39(2,3)49-38(44)41-27-32-25-37(43)36-26-35(32)40(29-41,30-42(36)50(45,46)34-21-19-33(47-4)20-22-34)23-15-10-8-6-5-7-9-11-16-24-48-28-31-17-13-12-14-18-31/h12-14,17-22,32,35-37,43H,5-11,15-16,23-30H2,1-4H3/t32-,35-,36+,37+,40-/m1/s1. The number of hydrogen-bond acceptors (Lipinski definition) is 7. The van der Waals surface area contributed by atoms with Gasteiger partial charge in [0.25, 0.3) is 0 Å². The summed E-state index contributed by atoms with van der Waals surface area (Å²) in [5.74, 6) is 0.940. The molecule has 1 N–H and O–H groups in total. The van der Waals surface area contributed by atoms with Gasteiger partial charge in [-0.2, -0.15) is 4.31 Å². The van der Waals surface area contributed by atoms with Gasteiger partial charge in [-0.05, 0) is 88.1 Å². The van der Waals surface area contributed by atoms with Gasteiger partial charge in [-0.3, -0.25) is 0 Å². The fraction of sp³-hybridized carbons (Fsp3) is 0.675. The van der Waals surface area contributed by atoms with Crippen molar-refractivity contribution in [2.24, 2.45) is 17.3 Å². The van der Waals surface area contributed by atoms with Crippen LogP contribution < -0.4 is 4.74 Å². The first kappa shape index (κ1) is 38.6. The molecule has 0 aromatic heterocycles. The lowest BCUT2D eigenvalue weighted by atomic mass is 9.55. The number of methoxy groups -OCH3 is 1. The number of sulfonamides is 1. The van der Waals surface area contributed by atoms with E-state index in [1.165, 1.54) is 37.7 Å². The topological polar surface area (TPSA) is 106 Å². The number of aliphatic hydroxyl groups is 1. The monoisotopic (exact) mass is 712 g/mol. The van der Waals surface area contributed by atoms with Crippen molar-refractivity contribution in [1.82, 2.24) is 9.21 Å². The second-order valence-electron chi connectivity index (χ2n) is 15.9. The summed E-state index contributed by atoms with van der Waals surface area (Å²) in [6.45, 7) is 8.39. The van der Waals surface area contributed by atoms with Crippen molar-refractivity contribution in [2.45, 2.75) is 127 Å². The largest absolute Gasteiger partial charge is 0.497 e. The Labute approximate surface area is 300 Å². The van der Waals surface area contributed by atoms with Crippen molar-refractivity contribution in [1.29, 1.82) is 0 Å². The number of benzene rings is 2. The summed E-state index contributed by atoms with van der Waals surface area (Å²) >= 11 is 0. The number of aliphatic hydroxyl groups excluding tert-OH is 1. The van der Waals surface area contributed by atoms with Gasteiger partial charge in [0.2, 0.25) is 10.0 Å². The van der Waals surface area contributed by atoms with Crippen LogP contribution in [0.2, 0.25) is 0 Å². The molecular weight excluding hydrogens is 653 g/mol. The van der Waals surface area contributed by atoms with E-state index in [2.05, 4.69) is 12.1 Å². The molecule has 2 bridgehead atoms. The van der Waals surface area contributed by atoms with Crippen LogP contribution in [0.4, 0.5) is 4.79 Å². The van der Waals surface area contributed by atoms with Crippen molar-refractivity contribution < 1.29 is 32.5 Å². The van der Waals surface area contributed by atoms with Gasteiger partial charge in [0.15, 0.2) is 0 Å². The third kappa shape index (κ3) is 9.81. The summed E-state index contributed by atoms with van der Waals surface area (Å²) in [6.07, 6.45) is 11.2. The number of rotatable bonds is 17. The lowest BCUT2D eigenvalue weighted by Crippen LogP contribution is -2.69. The van der Waals surface area contributed by atoms with Crippen LogP contribution in [0.3, 0.4) is 0 Å². The van der Waals surface area contributed by atoms with Crippen LogP contribution in [0, 0.1) is 17.3 Å². The first-order valence-corrected chi connectivity index (χ1v) is 20.3.